The molecule has 1 unspecified atom stereocenters. The van der Waals surface area contributed by atoms with Crippen LogP contribution in [0.25, 0.3) is 10.8 Å². The number of methoxy groups -OCH3 is 1. The van der Waals surface area contributed by atoms with Crippen molar-refractivity contribution in [2.75, 3.05) is 19.0 Å². The largest absolute Gasteiger partial charge is 0.467 e. The molecule has 37 heavy (non-hydrogen) atoms. The van der Waals surface area contributed by atoms with Gasteiger partial charge in [-0.1, -0.05) is 50.6 Å². The summed E-state index contributed by atoms with van der Waals surface area (Å²) in [4.78, 5) is 39.2. The third-order valence-electron chi connectivity index (χ3n) is 7.21. The molecule has 1 amide bonds. The summed E-state index contributed by atoms with van der Waals surface area (Å²) in [5, 5.41) is 4.43. The van der Waals surface area contributed by atoms with E-state index < -0.39 is 26.2 Å². The minimum Gasteiger partial charge on any atom is -0.467 e. The summed E-state index contributed by atoms with van der Waals surface area (Å²) in [7, 11) is -0.883. The van der Waals surface area contributed by atoms with Gasteiger partial charge < -0.3 is 14.5 Å². The lowest BCUT2D eigenvalue weighted by Gasteiger charge is -2.37. The average molecular weight is 543 g/mol. The maximum atomic E-state index is 13.5. The van der Waals surface area contributed by atoms with Gasteiger partial charge in [-0.15, -0.1) is 0 Å². The Morgan fingerprint density at radius 2 is 1.70 bits per heavy atom. The highest BCUT2D eigenvalue weighted by Gasteiger charge is 2.38. The number of anilines is 1. The Bertz CT molecular complexity index is 1350. The van der Waals surface area contributed by atoms with E-state index in [4.69, 9.17) is 20.8 Å². The summed E-state index contributed by atoms with van der Waals surface area (Å²) < 4.78 is 12.6. The number of benzene rings is 2. The molecule has 0 aliphatic heterocycles. The molecule has 0 saturated carbocycles. The maximum absolute atomic E-state index is 13.5. The zero-order valence-electron chi connectivity index (χ0n) is 22.4. The van der Waals surface area contributed by atoms with E-state index in [2.05, 4.69) is 39.2 Å². The molecule has 3 aromatic rings. The molecule has 2 atom stereocenters. The van der Waals surface area contributed by atoms with Gasteiger partial charge in [0.25, 0.3) is 5.56 Å². The number of esters is 1. The van der Waals surface area contributed by atoms with Crippen molar-refractivity contribution < 1.29 is 18.8 Å². The number of rotatable bonds is 8. The summed E-state index contributed by atoms with van der Waals surface area (Å²) in [6.07, 6.45) is 1.56. The number of hydrogen-bond donors (Lipinski definition) is 1. The Hall–Kier alpha value is -2.94. The summed E-state index contributed by atoms with van der Waals surface area (Å²) >= 11 is 5.96. The van der Waals surface area contributed by atoms with Crippen LogP contribution < -0.4 is 10.9 Å². The number of halogens is 1. The van der Waals surface area contributed by atoms with Crippen LogP contribution in [0.2, 0.25) is 23.2 Å². The molecule has 0 spiro atoms. The number of pyridine rings is 1. The van der Waals surface area contributed by atoms with Crippen molar-refractivity contribution in [3.8, 4) is 0 Å². The van der Waals surface area contributed by atoms with Gasteiger partial charge in [0, 0.05) is 27.7 Å². The predicted octanol–water partition coefficient (Wildman–Crippen LogP) is 6.13. The Kier molecular flexibility index (Phi) is 8.67. The van der Waals surface area contributed by atoms with E-state index in [0.717, 1.165) is 5.56 Å². The van der Waals surface area contributed by atoms with Gasteiger partial charge in [-0.2, -0.15) is 0 Å². The van der Waals surface area contributed by atoms with Gasteiger partial charge in [-0.25, -0.2) is 4.79 Å². The van der Waals surface area contributed by atoms with Crippen LogP contribution in [0.5, 0.6) is 0 Å². The highest BCUT2D eigenvalue weighted by Crippen LogP contribution is 2.37. The number of fused-ring (bicyclic) bond motifs is 1. The van der Waals surface area contributed by atoms with Gasteiger partial charge in [-0.3, -0.25) is 14.2 Å². The first-order chi connectivity index (χ1) is 17.3. The second-order valence-electron chi connectivity index (χ2n) is 10.7. The molecule has 0 aliphatic carbocycles. The molecule has 7 nitrogen and oxygen atoms in total. The first-order valence-corrected chi connectivity index (χ1v) is 15.5. The summed E-state index contributed by atoms with van der Waals surface area (Å²) in [5.41, 5.74) is 0.973. The van der Waals surface area contributed by atoms with E-state index in [1.54, 1.807) is 49.5 Å². The van der Waals surface area contributed by atoms with Crippen molar-refractivity contribution in [2.24, 2.45) is 0 Å². The van der Waals surface area contributed by atoms with Crippen LogP contribution in [-0.2, 0) is 18.8 Å². The zero-order valence-corrected chi connectivity index (χ0v) is 24.2. The van der Waals surface area contributed by atoms with E-state index in [-0.39, 0.29) is 23.1 Å². The molecule has 0 aliphatic rings. The predicted molar refractivity (Wildman–Crippen MR) is 151 cm³/mol. The van der Waals surface area contributed by atoms with Crippen LogP contribution in [0, 0.1) is 0 Å². The third-order valence-corrected chi connectivity index (χ3v) is 12.0. The molecule has 2 aromatic carbocycles. The third kappa shape index (κ3) is 6.31. The maximum Gasteiger partial charge on any atom is 0.331 e. The fourth-order valence-corrected chi connectivity index (χ4v) is 4.83. The van der Waals surface area contributed by atoms with Crippen LogP contribution >= 0.6 is 11.6 Å². The fraction of sp³-hybridized carbons (Fsp3) is 0.393. The first-order valence-electron chi connectivity index (χ1n) is 12.2. The molecule has 0 bridgehead atoms. The van der Waals surface area contributed by atoms with E-state index in [9.17, 15) is 14.4 Å². The lowest BCUT2D eigenvalue weighted by Crippen LogP contribution is -2.44. The first kappa shape index (κ1) is 28.6. The number of nitrogens with one attached hydrogen (secondary N) is 1. The van der Waals surface area contributed by atoms with Gasteiger partial charge in [0.2, 0.25) is 5.91 Å². The molecule has 198 valence electrons. The summed E-state index contributed by atoms with van der Waals surface area (Å²) in [6, 6.07) is 13.0. The van der Waals surface area contributed by atoms with E-state index in [0.29, 0.717) is 21.5 Å². The van der Waals surface area contributed by atoms with Crippen molar-refractivity contribution in [1.29, 1.82) is 0 Å². The van der Waals surface area contributed by atoms with Crippen molar-refractivity contribution in [2.45, 2.75) is 57.8 Å². The fourth-order valence-electron chi connectivity index (χ4n) is 3.69. The molecule has 0 radical (unpaired) electrons. The zero-order chi connectivity index (χ0) is 27.5. The van der Waals surface area contributed by atoms with Crippen molar-refractivity contribution >= 4 is 48.3 Å². The smallest absolute Gasteiger partial charge is 0.331 e. The standard InChI is InChI=1S/C28H35ClN2O5Si/c1-18(19-11-13-20(29)14-12-19)25(32)30-23-10-8-9-22-21(23)15-16-31(26(22)33)24(27(34)35-5)17-36-37(6,7)28(2,3)4/h8-16,18,24H,17H2,1-7H3,(H,30,32)/t18?,24-/m1/s1. The number of hydrogen-bond acceptors (Lipinski definition) is 5. The van der Waals surface area contributed by atoms with E-state index in [1.165, 1.54) is 11.7 Å². The molecule has 1 aromatic heterocycles. The molecule has 0 saturated heterocycles. The number of nitrogens with zero attached hydrogens (tertiary/aromatic N) is 1. The summed E-state index contributed by atoms with van der Waals surface area (Å²) in [6.45, 7) is 12.3. The molecule has 0 fully saturated rings. The van der Waals surface area contributed by atoms with Crippen molar-refractivity contribution in [3.63, 3.8) is 0 Å². The number of carbonyl (C=O) groups is 2. The number of aromatic nitrogens is 1. The lowest BCUT2D eigenvalue weighted by molar-refractivity contribution is -0.145. The van der Waals surface area contributed by atoms with Gasteiger partial charge >= 0.3 is 5.97 Å². The SMILES string of the molecule is COC(=O)[C@@H](CO[Si](C)(C)C(C)(C)C)n1ccc2c(NC(=O)C(C)c3ccc(Cl)cc3)cccc2c1=O. The highest BCUT2D eigenvalue weighted by molar-refractivity contribution is 6.74. The number of carbonyl (C=O) groups excluding carboxylic acids is 2. The number of amides is 1. The van der Waals surface area contributed by atoms with Crippen LogP contribution in [0.15, 0.2) is 59.5 Å². The monoisotopic (exact) mass is 542 g/mol. The molecule has 1 N–H and O–H groups in total. The molecule has 3 rings (SSSR count). The van der Waals surface area contributed by atoms with Gasteiger partial charge in [0.15, 0.2) is 14.4 Å². The van der Waals surface area contributed by atoms with Crippen LogP contribution in [0.4, 0.5) is 5.69 Å². The van der Waals surface area contributed by atoms with Crippen LogP contribution in [0.1, 0.15) is 45.2 Å². The Labute approximate surface area is 223 Å². The highest BCUT2D eigenvalue weighted by atomic mass is 35.5. The van der Waals surface area contributed by atoms with Crippen LogP contribution in [-0.4, -0.2) is 38.5 Å². The molecular weight excluding hydrogens is 508 g/mol. The van der Waals surface area contributed by atoms with Crippen molar-refractivity contribution in [3.05, 3.63) is 75.7 Å². The topological polar surface area (TPSA) is 86.6 Å². The van der Waals surface area contributed by atoms with Gasteiger partial charge in [0.05, 0.1) is 19.6 Å². The van der Waals surface area contributed by atoms with Gasteiger partial charge in [-0.05, 0) is 61.0 Å². The molecule has 9 heteroatoms. The minimum absolute atomic E-state index is 0.0314. The Morgan fingerprint density at radius 1 is 1.05 bits per heavy atom. The van der Waals surface area contributed by atoms with Gasteiger partial charge in [0.1, 0.15) is 0 Å². The number of ether oxygens (including phenoxy) is 1. The molecular formula is C28H35ClN2O5Si. The second-order valence-corrected chi connectivity index (χ2v) is 15.9. The average Bonchev–Trinajstić information content (AvgIpc) is 2.84. The molecule has 1 heterocycles. The quantitative estimate of drug-likeness (QED) is 0.273. The lowest BCUT2D eigenvalue weighted by atomic mass is 10.00. The second kappa shape index (κ2) is 11.2. The van der Waals surface area contributed by atoms with E-state index >= 15 is 0 Å². The van der Waals surface area contributed by atoms with Crippen LogP contribution in [0.3, 0.4) is 0 Å². The Balaban J connectivity index is 1.93. The minimum atomic E-state index is -2.18. The normalized spacial score (nSPS) is 13.7. The summed E-state index contributed by atoms with van der Waals surface area (Å²) in [5.74, 6) is -1.19. The Morgan fingerprint density at radius 3 is 2.30 bits per heavy atom. The van der Waals surface area contributed by atoms with E-state index in [1.807, 2.05) is 12.1 Å². The van der Waals surface area contributed by atoms with Crippen molar-refractivity contribution in [1.82, 2.24) is 4.57 Å².